The summed E-state index contributed by atoms with van der Waals surface area (Å²) >= 11 is 0. The zero-order valence-corrected chi connectivity index (χ0v) is 18.7. The van der Waals surface area contributed by atoms with Gasteiger partial charge in [0.1, 0.15) is 12.2 Å². The first kappa shape index (κ1) is 22.8. The molecule has 1 amide bonds. The molecular weight excluding hydrogens is 406 g/mol. The minimum atomic E-state index is -0.564. The number of nitrogens with one attached hydrogen (secondary N) is 1. The number of amides is 1. The number of methoxy groups -OCH3 is 1. The van der Waals surface area contributed by atoms with Gasteiger partial charge in [0, 0.05) is 12.2 Å². The van der Waals surface area contributed by atoms with Gasteiger partial charge in [-0.15, -0.1) is 0 Å². The Kier molecular flexibility index (Phi) is 7.44. The van der Waals surface area contributed by atoms with E-state index in [9.17, 15) is 9.59 Å². The van der Waals surface area contributed by atoms with Crippen LogP contribution in [-0.4, -0.2) is 23.8 Å². The first-order valence-electron chi connectivity index (χ1n) is 10.3. The summed E-state index contributed by atoms with van der Waals surface area (Å²) in [5.41, 5.74) is 5.02. The van der Waals surface area contributed by atoms with Gasteiger partial charge in [-0.05, 0) is 62.2 Å². The van der Waals surface area contributed by atoms with Crippen LogP contribution in [0.3, 0.4) is 0 Å². The zero-order chi connectivity index (χ0) is 23.1. The summed E-state index contributed by atoms with van der Waals surface area (Å²) in [5.74, 6) is 0.591. The van der Waals surface area contributed by atoms with E-state index in [0.717, 1.165) is 5.56 Å². The van der Waals surface area contributed by atoms with E-state index in [1.54, 1.807) is 37.6 Å². The van der Waals surface area contributed by atoms with E-state index in [0.29, 0.717) is 23.7 Å². The molecule has 0 aliphatic carbocycles. The van der Waals surface area contributed by atoms with E-state index in [2.05, 4.69) is 10.5 Å². The quantitative estimate of drug-likeness (QED) is 0.429. The fourth-order valence-corrected chi connectivity index (χ4v) is 3.05. The molecule has 1 N–H and O–H groups in total. The Labute approximate surface area is 187 Å². The van der Waals surface area contributed by atoms with Crippen molar-refractivity contribution in [2.45, 2.75) is 33.4 Å². The average Bonchev–Trinajstić information content (AvgIpc) is 2.78. The lowest BCUT2D eigenvalue weighted by molar-refractivity contribution is 0.0953. The Hall–Kier alpha value is -3.87. The van der Waals surface area contributed by atoms with Gasteiger partial charge in [0.25, 0.3) is 11.5 Å². The highest BCUT2D eigenvalue weighted by molar-refractivity contribution is 5.94. The maximum Gasteiger partial charge on any atom is 0.276 e. The third-order valence-electron chi connectivity index (χ3n) is 4.86. The van der Waals surface area contributed by atoms with Crippen molar-refractivity contribution >= 4 is 12.1 Å². The summed E-state index contributed by atoms with van der Waals surface area (Å²) < 4.78 is 12.8. The van der Waals surface area contributed by atoms with Crippen LogP contribution >= 0.6 is 0 Å². The van der Waals surface area contributed by atoms with Gasteiger partial charge < -0.3 is 14.0 Å². The number of nitrogens with zero attached hydrogens (tertiary/aromatic N) is 2. The number of benzene rings is 2. The first-order chi connectivity index (χ1) is 15.4. The maximum absolute atomic E-state index is 12.4. The Morgan fingerprint density at radius 2 is 1.88 bits per heavy atom. The van der Waals surface area contributed by atoms with Crippen LogP contribution in [0.4, 0.5) is 0 Å². The van der Waals surface area contributed by atoms with E-state index in [-0.39, 0.29) is 17.2 Å². The number of aromatic nitrogens is 1. The minimum absolute atomic E-state index is 0.0372. The molecule has 0 unspecified atom stereocenters. The van der Waals surface area contributed by atoms with Crippen LogP contribution in [0.2, 0.25) is 0 Å². The van der Waals surface area contributed by atoms with E-state index >= 15 is 0 Å². The van der Waals surface area contributed by atoms with Crippen LogP contribution in [0, 0.1) is 6.92 Å². The Morgan fingerprint density at radius 1 is 1.12 bits per heavy atom. The van der Waals surface area contributed by atoms with E-state index < -0.39 is 5.91 Å². The lowest BCUT2D eigenvalue weighted by atomic mass is 10.1. The molecule has 3 aromatic rings. The monoisotopic (exact) mass is 433 g/mol. The van der Waals surface area contributed by atoms with Gasteiger partial charge in [0.05, 0.1) is 13.3 Å². The number of hydrogen-bond acceptors (Lipinski definition) is 5. The zero-order valence-electron chi connectivity index (χ0n) is 18.7. The summed E-state index contributed by atoms with van der Waals surface area (Å²) in [6.45, 7) is 6.18. The first-order valence-corrected chi connectivity index (χ1v) is 10.3. The van der Waals surface area contributed by atoms with Crippen molar-refractivity contribution in [1.29, 1.82) is 0 Å². The lowest BCUT2D eigenvalue weighted by Gasteiger charge is -2.12. The average molecular weight is 434 g/mol. The molecule has 0 fully saturated rings. The molecule has 0 bridgehead atoms. The summed E-state index contributed by atoms with van der Waals surface area (Å²) in [6, 6.07) is 16.5. The van der Waals surface area contributed by atoms with Crippen molar-refractivity contribution in [2.24, 2.45) is 5.10 Å². The smallest absolute Gasteiger partial charge is 0.276 e. The van der Waals surface area contributed by atoms with Crippen molar-refractivity contribution < 1.29 is 14.3 Å². The molecule has 0 aliphatic heterocycles. The largest absolute Gasteiger partial charge is 0.493 e. The number of rotatable bonds is 8. The molecule has 166 valence electrons. The highest BCUT2D eigenvalue weighted by Crippen LogP contribution is 2.28. The van der Waals surface area contributed by atoms with Crippen LogP contribution in [0.15, 0.2) is 70.7 Å². The van der Waals surface area contributed by atoms with E-state index in [1.807, 2.05) is 45.0 Å². The topological polar surface area (TPSA) is 81.9 Å². The Bertz CT molecular complexity index is 1160. The second-order valence-corrected chi connectivity index (χ2v) is 7.61. The fourth-order valence-electron chi connectivity index (χ4n) is 3.05. The normalized spacial score (nSPS) is 11.0. The molecule has 0 saturated carbocycles. The number of ether oxygens (including phenoxy) is 2. The standard InChI is InChI=1S/C25H27N3O4/c1-17(2)28-13-5-6-21(25(28)30)24(29)27-26-15-20-11-12-22(31-4)23(14-20)32-16-19-9-7-18(3)8-10-19/h5-15,17H,16H2,1-4H3,(H,27,29)/b26-15-. The Balaban J connectivity index is 1.70. The predicted octanol–water partition coefficient (Wildman–Crippen LogP) is 4.09. The van der Waals surface area contributed by atoms with Crippen LogP contribution < -0.4 is 20.5 Å². The highest BCUT2D eigenvalue weighted by atomic mass is 16.5. The van der Waals surface area contributed by atoms with Gasteiger partial charge in [0.15, 0.2) is 11.5 Å². The number of hydrazone groups is 1. The molecule has 0 atom stereocenters. The van der Waals surface area contributed by atoms with Crippen LogP contribution in [0.5, 0.6) is 11.5 Å². The van der Waals surface area contributed by atoms with Gasteiger partial charge in [-0.2, -0.15) is 5.10 Å². The molecule has 2 aromatic carbocycles. The minimum Gasteiger partial charge on any atom is -0.493 e. The van der Waals surface area contributed by atoms with Crippen LogP contribution in [0.1, 0.15) is 46.9 Å². The number of hydrogen-bond donors (Lipinski definition) is 1. The van der Waals surface area contributed by atoms with Gasteiger partial charge in [0.2, 0.25) is 0 Å². The molecule has 0 aliphatic rings. The highest BCUT2D eigenvalue weighted by Gasteiger charge is 2.12. The number of pyridine rings is 1. The molecule has 0 radical (unpaired) electrons. The molecule has 1 aromatic heterocycles. The van der Waals surface area contributed by atoms with Crippen LogP contribution in [0.25, 0.3) is 0 Å². The summed E-state index contributed by atoms with van der Waals surface area (Å²) in [6.07, 6.45) is 3.14. The molecule has 0 saturated heterocycles. The Morgan fingerprint density at radius 3 is 2.56 bits per heavy atom. The third kappa shape index (κ3) is 5.63. The molecule has 32 heavy (non-hydrogen) atoms. The fraction of sp³-hybridized carbons (Fsp3) is 0.240. The van der Waals surface area contributed by atoms with E-state index in [4.69, 9.17) is 9.47 Å². The molecule has 3 rings (SSSR count). The second kappa shape index (κ2) is 10.4. The summed E-state index contributed by atoms with van der Waals surface area (Å²) in [4.78, 5) is 24.8. The lowest BCUT2D eigenvalue weighted by Crippen LogP contribution is -2.31. The number of carbonyl (C=O) groups is 1. The summed E-state index contributed by atoms with van der Waals surface area (Å²) in [7, 11) is 1.58. The molecule has 7 heteroatoms. The maximum atomic E-state index is 12.4. The van der Waals surface area contributed by atoms with Gasteiger partial charge in [-0.1, -0.05) is 29.8 Å². The van der Waals surface area contributed by atoms with Crippen LogP contribution in [-0.2, 0) is 6.61 Å². The van der Waals surface area contributed by atoms with Gasteiger partial charge in [-0.25, -0.2) is 5.43 Å². The second-order valence-electron chi connectivity index (χ2n) is 7.61. The van der Waals surface area contributed by atoms with Crippen molar-refractivity contribution in [3.63, 3.8) is 0 Å². The van der Waals surface area contributed by atoms with Crippen molar-refractivity contribution in [2.75, 3.05) is 7.11 Å². The molecule has 1 heterocycles. The van der Waals surface area contributed by atoms with E-state index in [1.165, 1.54) is 22.4 Å². The predicted molar refractivity (Wildman–Crippen MR) is 125 cm³/mol. The SMILES string of the molecule is COc1ccc(/C=N\NC(=O)c2cccn(C(C)C)c2=O)cc1OCc1ccc(C)cc1. The summed E-state index contributed by atoms with van der Waals surface area (Å²) in [5, 5.41) is 3.99. The molecule has 0 spiro atoms. The third-order valence-corrected chi connectivity index (χ3v) is 4.86. The van der Waals surface area contributed by atoms with Crippen molar-refractivity contribution in [3.05, 3.63) is 93.4 Å². The molecular formula is C25H27N3O4. The van der Waals surface area contributed by atoms with Gasteiger partial charge >= 0.3 is 0 Å². The van der Waals surface area contributed by atoms with Gasteiger partial charge in [-0.3, -0.25) is 9.59 Å². The molecule has 7 nitrogen and oxygen atoms in total. The number of carbonyl (C=O) groups excluding carboxylic acids is 1. The number of aryl methyl sites for hydroxylation is 1. The van der Waals surface area contributed by atoms with Crippen molar-refractivity contribution in [1.82, 2.24) is 9.99 Å². The van der Waals surface area contributed by atoms with Crippen molar-refractivity contribution in [3.8, 4) is 11.5 Å².